The third-order valence-corrected chi connectivity index (χ3v) is 3.28. The third kappa shape index (κ3) is 4.08. The Morgan fingerprint density at radius 3 is 2.81 bits per heavy atom. The second-order valence-corrected chi connectivity index (χ2v) is 4.89. The van der Waals surface area contributed by atoms with Crippen molar-refractivity contribution in [2.24, 2.45) is 5.73 Å². The summed E-state index contributed by atoms with van der Waals surface area (Å²) in [4.78, 5) is 12.0. The lowest BCUT2D eigenvalue weighted by Gasteiger charge is -2.05. The van der Waals surface area contributed by atoms with Crippen molar-refractivity contribution in [3.05, 3.63) is 33.3 Å². The fourth-order valence-electron chi connectivity index (χ4n) is 1.04. The molecule has 3 nitrogen and oxygen atoms in total. The van der Waals surface area contributed by atoms with Gasteiger partial charge in [0, 0.05) is 23.0 Å². The van der Waals surface area contributed by atoms with Crippen molar-refractivity contribution in [1.82, 2.24) is 5.32 Å². The van der Waals surface area contributed by atoms with E-state index >= 15 is 0 Å². The summed E-state index contributed by atoms with van der Waals surface area (Å²) in [5.41, 5.74) is 5.82. The average Bonchev–Trinajstić information content (AvgIpc) is 2.21. The molecule has 0 aromatic heterocycles. The molecular weight excluding hydrogens is 312 g/mol. The Hall–Kier alpha value is -0.650. The number of benzene rings is 1. The van der Waals surface area contributed by atoms with E-state index in [9.17, 15) is 4.79 Å². The minimum absolute atomic E-state index is 0.189. The topological polar surface area (TPSA) is 55.1 Å². The zero-order chi connectivity index (χ0) is 12.1. The zero-order valence-corrected chi connectivity index (χ0v) is 11.5. The first-order chi connectivity index (χ1) is 7.50. The van der Waals surface area contributed by atoms with Crippen molar-refractivity contribution in [2.45, 2.75) is 6.42 Å². The summed E-state index contributed by atoms with van der Waals surface area (Å²) in [6.07, 6.45) is 0.491. The minimum Gasteiger partial charge on any atom is -0.393 e. The molecule has 0 saturated heterocycles. The van der Waals surface area contributed by atoms with Crippen LogP contribution in [0.3, 0.4) is 0 Å². The van der Waals surface area contributed by atoms with Gasteiger partial charge in [-0.05, 0) is 34.1 Å². The van der Waals surface area contributed by atoms with E-state index in [0.717, 1.165) is 4.47 Å². The lowest BCUT2D eigenvalue weighted by molar-refractivity contribution is 0.0955. The van der Waals surface area contributed by atoms with Gasteiger partial charge in [-0.2, -0.15) is 0 Å². The molecule has 16 heavy (non-hydrogen) atoms. The molecule has 1 rings (SSSR count). The van der Waals surface area contributed by atoms with Gasteiger partial charge in [0.05, 0.1) is 10.0 Å². The highest BCUT2D eigenvalue weighted by Gasteiger charge is 2.07. The molecule has 0 radical (unpaired) electrons. The van der Waals surface area contributed by atoms with Crippen molar-refractivity contribution in [3.63, 3.8) is 0 Å². The number of halogens is 2. The van der Waals surface area contributed by atoms with E-state index in [1.807, 2.05) is 0 Å². The van der Waals surface area contributed by atoms with Crippen LogP contribution < -0.4 is 11.1 Å². The van der Waals surface area contributed by atoms with E-state index in [0.29, 0.717) is 28.5 Å². The van der Waals surface area contributed by atoms with Crippen molar-refractivity contribution < 1.29 is 4.79 Å². The van der Waals surface area contributed by atoms with Crippen LogP contribution in [0.4, 0.5) is 0 Å². The average molecular weight is 322 g/mol. The molecule has 1 aromatic rings. The largest absolute Gasteiger partial charge is 0.393 e. The number of carbonyl (C=O) groups is 1. The lowest BCUT2D eigenvalue weighted by Crippen LogP contribution is -2.27. The third-order valence-electron chi connectivity index (χ3n) is 1.84. The molecule has 1 amide bonds. The van der Waals surface area contributed by atoms with E-state index in [2.05, 4.69) is 21.2 Å². The van der Waals surface area contributed by atoms with Crippen LogP contribution in [0, 0.1) is 0 Å². The number of carbonyl (C=O) groups excluding carboxylic acids is 1. The Morgan fingerprint density at radius 2 is 2.25 bits per heavy atom. The number of rotatable bonds is 4. The number of amides is 1. The van der Waals surface area contributed by atoms with Gasteiger partial charge in [-0.1, -0.05) is 23.8 Å². The molecule has 0 aliphatic rings. The molecule has 0 aliphatic carbocycles. The molecule has 0 saturated carbocycles. The molecule has 0 atom stereocenters. The Labute approximate surface area is 112 Å². The molecule has 0 bridgehead atoms. The van der Waals surface area contributed by atoms with Crippen LogP contribution in [0.15, 0.2) is 22.7 Å². The number of nitrogens with one attached hydrogen (secondary N) is 1. The maximum absolute atomic E-state index is 11.6. The van der Waals surface area contributed by atoms with Crippen molar-refractivity contribution in [2.75, 3.05) is 6.54 Å². The fraction of sp³-hybridized carbons (Fsp3) is 0.200. The number of nitrogens with two attached hydrogens (primary N) is 1. The maximum Gasteiger partial charge on any atom is 0.251 e. The van der Waals surface area contributed by atoms with E-state index in [1.54, 1.807) is 18.2 Å². The molecule has 0 fully saturated rings. The predicted molar refractivity (Wildman–Crippen MR) is 72.9 cm³/mol. The van der Waals surface area contributed by atoms with Crippen LogP contribution in [0.25, 0.3) is 0 Å². The highest BCUT2D eigenvalue weighted by molar-refractivity contribution is 9.10. The molecule has 86 valence electrons. The monoisotopic (exact) mass is 320 g/mol. The van der Waals surface area contributed by atoms with Gasteiger partial charge in [0.15, 0.2) is 0 Å². The van der Waals surface area contributed by atoms with Crippen LogP contribution in [0.2, 0.25) is 5.02 Å². The number of hydrogen-bond donors (Lipinski definition) is 2. The van der Waals surface area contributed by atoms with E-state index in [-0.39, 0.29) is 5.91 Å². The highest BCUT2D eigenvalue weighted by Crippen LogP contribution is 2.22. The molecule has 6 heteroatoms. The van der Waals surface area contributed by atoms with Gasteiger partial charge >= 0.3 is 0 Å². The number of hydrogen-bond acceptors (Lipinski definition) is 2. The van der Waals surface area contributed by atoms with Crippen molar-refractivity contribution >= 4 is 50.6 Å². The molecular formula is C10H10BrClN2OS. The summed E-state index contributed by atoms with van der Waals surface area (Å²) < 4.78 is 0.758. The van der Waals surface area contributed by atoms with Gasteiger partial charge in [0.2, 0.25) is 0 Å². The zero-order valence-electron chi connectivity index (χ0n) is 8.30. The van der Waals surface area contributed by atoms with Crippen LogP contribution in [0.1, 0.15) is 16.8 Å². The molecule has 0 unspecified atom stereocenters. The summed E-state index contributed by atoms with van der Waals surface area (Å²) in [5.74, 6) is -0.189. The summed E-state index contributed by atoms with van der Waals surface area (Å²) in [6, 6.07) is 5.01. The standard InChI is InChI=1S/C10H10BrClN2OS/c11-7-2-1-6(5-8(7)12)10(15)14-4-3-9(13)16/h1-2,5H,3-4H2,(H2,13,16)(H,14,15). The Morgan fingerprint density at radius 1 is 1.56 bits per heavy atom. The SMILES string of the molecule is NC(=S)CCNC(=O)c1ccc(Br)c(Cl)c1. The number of thiocarbonyl (C=S) groups is 1. The molecule has 3 N–H and O–H groups in total. The van der Waals surface area contributed by atoms with Gasteiger partial charge < -0.3 is 11.1 Å². The molecule has 0 aliphatic heterocycles. The normalized spacial score (nSPS) is 9.88. The highest BCUT2D eigenvalue weighted by atomic mass is 79.9. The Bertz CT molecular complexity index is 425. The van der Waals surface area contributed by atoms with Crippen LogP contribution in [-0.2, 0) is 0 Å². The van der Waals surface area contributed by atoms with Gasteiger partial charge in [-0.25, -0.2) is 0 Å². The van der Waals surface area contributed by atoms with Gasteiger partial charge in [0.25, 0.3) is 5.91 Å². The molecule has 0 spiro atoms. The molecule has 1 aromatic carbocycles. The summed E-state index contributed by atoms with van der Waals surface area (Å²) in [6.45, 7) is 0.432. The smallest absolute Gasteiger partial charge is 0.251 e. The van der Waals surface area contributed by atoms with E-state index in [4.69, 9.17) is 29.6 Å². The summed E-state index contributed by atoms with van der Waals surface area (Å²) in [7, 11) is 0. The van der Waals surface area contributed by atoms with E-state index < -0.39 is 0 Å². The van der Waals surface area contributed by atoms with Gasteiger partial charge in [-0.3, -0.25) is 4.79 Å². The minimum atomic E-state index is -0.189. The van der Waals surface area contributed by atoms with Gasteiger partial charge in [0.1, 0.15) is 0 Å². The first kappa shape index (κ1) is 13.4. The maximum atomic E-state index is 11.6. The quantitative estimate of drug-likeness (QED) is 0.838. The second-order valence-electron chi connectivity index (χ2n) is 3.10. The fourth-order valence-corrected chi connectivity index (χ4v) is 1.57. The first-order valence-electron chi connectivity index (χ1n) is 4.52. The Balaban J connectivity index is 2.59. The Kier molecular flexibility index (Phi) is 5.18. The van der Waals surface area contributed by atoms with Crippen molar-refractivity contribution in [1.29, 1.82) is 0 Å². The van der Waals surface area contributed by atoms with E-state index in [1.165, 1.54) is 0 Å². The van der Waals surface area contributed by atoms with Crippen LogP contribution >= 0.6 is 39.7 Å². The van der Waals surface area contributed by atoms with Crippen LogP contribution in [0.5, 0.6) is 0 Å². The molecule has 0 heterocycles. The first-order valence-corrected chi connectivity index (χ1v) is 6.10. The summed E-state index contributed by atoms with van der Waals surface area (Å²) in [5, 5.41) is 3.20. The second kappa shape index (κ2) is 6.18. The van der Waals surface area contributed by atoms with Crippen molar-refractivity contribution in [3.8, 4) is 0 Å². The predicted octanol–water partition coefficient (Wildman–Crippen LogP) is 2.51. The lowest BCUT2D eigenvalue weighted by atomic mass is 10.2. The summed E-state index contributed by atoms with van der Waals surface area (Å²) >= 11 is 13.8. The van der Waals surface area contributed by atoms with Gasteiger partial charge in [-0.15, -0.1) is 0 Å². The van der Waals surface area contributed by atoms with Crippen LogP contribution in [-0.4, -0.2) is 17.4 Å².